The van der Waals surface area contributed by atoms with Crippen LogP contribution in [0.3, 0.4) is 0 Å². The third-order valence-corrected chi connectivity index (χ3v) is 4.64. The first-order valence-electron chi connectivity index (χ1n) is 7.52. The SMILES string of the molecule is CC1=C(C)C(=O)N(CCc2c(C)[nH]c3c(C)cccc23)C1=O. The Bertz CT molecular complexity index is 803. The number of H-pyrrole nitrogens is 1. The van der Waals surface area contributed by atoms with Crippen LogP contribution in [0.4, 0.5) is 0 Å². The van der Waals surface area contributed by atoms with Gasteiger partial charge in [0.1, 0.15) is 0 Å². The molecule has 0 saturated carbocycles. The molecule has 2 heterocycles. The summed E-state index contributed by atoms with van der Waals surface area (Å²) in [6.45, 7) is 7.98. The van der Waals surface area contributed by atoms with Gasteiger partial charge in [0.2, 0.25) is 0 Å². The smallest absolute Gasteiger partial charge is 0.256 e. The highest BCUT2D eigenvalue weighted by Gasteiger charge is 2.32. The molecule has 0 bridgehead atoms. The zero-order valence-electron chi connectivity index (χ0n) is 13.4. The van der Waals surface area contributed by atoms with Gasteiger partial charge in [-0.1, -0.05) is 18.2 Å². The van der Waals surface area contributed by atoms with E-state index in [1.54, 1.807) is 13.8 Å². The van der Waals surface area contributed by atoms with Crippen molar-refractivity contribution in [1.82, 2.24) is 9.88 Å². The third-order valence-electron chi connectivity index (χ3n) is 4.64. The maximum Gasteiger partial charge on any atom is 0.256 e. The summed E-state index contributed by atoms with van der Waals surface area (Å²) in [5.74, 6) is -0.313. The van der Waals surface area contributed by atoms with Gasteiger partial charge in [0.25, 0.3) is 11.8 Å². The number of rotatable bonds is 3. The molecule has 1 aliphatic heterocycles. The number of para-hydroxylation sites is 1. The third kappa shape index (κ3) is 2.06. The molecule has 3 rings (SSSR count). The van der Waals surface area contributed by atoms with Crippen molar-refractivity contribution in [3.8, 4) is 0 Å². The average molecular weight is 296 g/mol. The lowest BCUT2D eigenvalue weighted by atomic mass is 10.1. The van der Waals surface area contributed by atoms with Crippen LogP contribution in [0.2, 0.25) is 0 Å². The van der Waals surface area contributed by atoms with Crippen molar-refractivity contribution in [3.05, 3.63) is 46.2 Å². The van der Waals surface area contributed by atoms with Crippen LogP contribution in [-0.4, -0.2) is 28.2 Å². The Morgan fingerprint density at radius 3 is 2.27 bits per heavy atom. The highest BCUT2D eigenvalue weighted by Crippen LogP contribution is 2.26. The molecule has 4 heteroatoms. The minimum absolute atomic E-state index is 0.156. The summed E-state index contributed by atoms with van der Waals surface area (Å²) in [6.07, 6.45) is 0.674. The number of hydrogen-bond donors (Lipinski definition) is 1. The van der Waals surface area contributed by atoms with Gasteiger partial charge in [0.05, 0.1) is 0 Å². The van der Waals surface area contributed by atoms with Gasteiger partial charge in [0, 0.05) is 34.3 Å². The Morgan fingerprint density at radius 2 is 1.64 bits per heavy atom. The van der Waals surface area contributed by atoms with E-state index >= 15 is 0 Å². The second-order valence-electron chi connectivity index (χ2n) is 5.99. The normalized spacial score (nSPS) is 15.5. The second-order valence-corrected chi connectivity index (χ2v) is 5.99. The summed E-state index contributed by atoms with van der Waals surface area (Å²) >= 11 is 0. The van der Waals surface area contributed by atoms with Crippen molar-refractivity contribution in [3.63, 3.8) is 0 Å². The van der Waals surface area contributed by atoms with Crippen LogP contribution in [0.25, 0.3) is 10.9 Å². The van der Waals surface area contributed by atoms with Gasteiger partial charge in [-0.25, -0.2) is 0 Å². The van der Waals surface area contributed by atoms with Crippen molar-refractivity contribution in [2.45, 2.75) is 34.1 Å². The molecule has 0 fully saturated rings. The number of aromatic amines is 1. The minimum Gasteiger partial charge on any atom is -0.358 e. The van der Waals surface area contributed by atoms with Gasteiger partial charge >= 0.3 is 0 Å². The lowest BCUT2D eigenvalue weighted by Crippen LogP contribution is -2.33. The number of aromatic nitrogens is 1. The standard InChI is InChI=1S/C18H20N2O2/c1-10-6-5-7-15-14(13(4)19-16(10)15)8-9-20-17(21)11(2)12(3)18(20)22/h5-7,19H,8-9H2,1-4H3. The van der Waals surface area contributed by atoms with Crippen LogP contribution < -0.4 is 0 Å². The molecule has 0 unspecified atom stereocenters. The van der Waals surface area contributed by atoms with Gasteiger partial charge in [-0.3, -0.25) is 14.5 Å². The molecule has 0 aliphatic carbocycles. The number of carbonyl (C=O) groups is 2. The van der Waals surface area contributed by atoms with E-state index in [-0.39, 0.29) is 11.8 Å². The number of fused-ring (bicyclic) bond motifs is 1. The molecule has 1 aliphatic rings. The topological polar surface area (TPSA) is 53.2 Å². The maximum absolute atomic E-state index is 12.1. The summed E-state index contributed by atoms with van der Waals surface area (Å²) in [5.41, 5.74) is 5.76. The van der Waals surface area contributed by atoms with Crippen LogP contribution >= 0.6 is 0 Å². The number of hydrogen-bond acceptors (Lipinski definition) is 2. The Kier molecular flexibility index (Phi) is 3.39. The first-order chi connectivity index (χ1) is 10.4. The second kappa shape index (κ2) is 5.13. The Balaban J connectivity index is 1.87. The van der Waals surface area contributed by atoms with E-state index in [4.69, 9.17) is 0 Å². The molecule has 1 aromatic heterocycles. The molecule has 0 atom stereocenters. The Labute approximate surface area is 129 Å². The number of aryl methyl sites for hydroxylation is 2. The number of benzene rings is 1. The average Bonchev–Trinajstić information content (AvgIpc) is 2.90. The molecule has 0 spiro atoms. The molecule has 4 nitrogen and oxygen atoms in total. The molecular weight excluding hydrogens is 276 g/mol. The molecule has 2 amide bonds. The van der Waals surface area contributed by atoms with Gasteiger partial charge < -0.3 is 4.98 Å². The number of nitrogens with one attached hydrogen (secondary N) is 1. The van der Waals surface area contributed by atoms with Crippen molar-refractivity contribution in [2.75, 3.05) is 6.54 Å². The largest absolute Gasteiger partial charge is 0.358 e. The summed E-state index contributed by atoms with van der Waals surface area (Å²) in [5, 5.41) is 1.18. The van der Waals surface area contributed by atoms with Crippen molar-refractivity contribution in [1.29, 1.82) is 0 Å². The van der Waals surface area contributed by atoms with Crippen LogP contribution in [0.15, 0.2) is 29.3 Å². The summed E-state index contributed by atoms with van der Waals surface area (Å²) < 4.78 is 0. The highest BCUT2D eigenvalue weighted by atomic mass is 16.2. The van der Waals surface area contributed by atoms with E-state index in [0.717, 1.165) is 11.2 Å². The van der Waals surface area contributed by atoms with E-state index < -0.39 is 0 Å². The van der Waals surface area contributed by atoms with Gasteiger partial charge in [-0.05, 0) is 45.2 Å². The fraction of sp³-hybridized carbons (Fsp3) is 0.333. The summed E-state index contributed by atoms with van der Waals surface area (Å²) in [4.78, 5) is 29.0. The minimum atomic E-state index is -0.156. The predicted octanol–water partition coefficient (Wildman–Crippen LogP) is 3.03. The van der Waals surface area contributed by atoms with E-state index in [2.05, 4.69) is 24.0 Å². The lowest BCUT2D eigenvalue weighted by molar-refractivity contribution is -0.137. The molecular formula is C18H20N2O2. The van der Waals surface area contributed by atoms with Gasteiger partial charge in [0.15, 0.2) is 0 Å². The monoisotopic (exact) mass is 296 g/mol. The maximum atomic E-state index is 12.1. The first-order valence-corrected chi connectivity index (χ1v) is 7.52. The molecule has 114 valence electrons. The summed E-state index contributed by atoms with van der Waals surface area (Å²) in [7, 11) is 0. The van der Waals surface area contributed by atoms with Crippen molar-refractivity contribution in [2.24, 2.45) is 0 Å². The number of nitrogens with zero attached hydrogens (tertiary/aromatic N) is 1. The number of imide groups is 1. The quantitative estimate of drug-likeness (QED) is 0.885. The van der Waals surface area contributed by atoms with E-state index in [0.29, 0.717) is 24.1 Å². The zero-order chi connectivity index (χ0) is 16.0. The number of amides is 2. The molecule has 22 heavy (non-hydrogen) atoms. The van der Waals surface area contributed by atoms with Crippen molar-refractivity contribution >= 4 is 22.7 Å². The molecule has 1 aromatic carbocycles. The summed E-state index contributed by atoms with van der Waals surface area (Å²) in [6, 6.07) is 6.20. The first kappa shape index (κ1) is 14.6. The van der Waals surface area contributed by atoms with Gasteiger partial charge in [-0.2, -0.15) is 0 Å². The van der Waals surface area contributed by atoms with Crippen LogP contribution in [0.5, 0.6) is 0 Å². The molecule has 2 aromatic rings. The lowest BCUT2D eigenvalue weighted by Gasteiger charge is -2.14. The fourth-order valence-electron chi connectivity index (χ4n) is 3.12. The fourth-order valence-corrected chi connectivity index (χ4v) is 3.12. The highest BCUT2D eigenvalue weighted by molar-refractivity contribution is 6.18. The molecule has 0 radical (unpaired) electrons. The Morgan fingerprint density at radius 1 is 1.00 bits per heavy atom. The van der Waals surface area contributed by atoms with E-state index in [1.165, 1.54) is 21.4 Å². The van der Waals surface area contributed by atoms with E-state index in [9.17, 15) is 9.59 Å². The number of carbonyl (C=O) groups excluding carboxylic acids is 2. The van der Waals surface area contributed by atoms with E-state index in [1.807, 2.05) is 13.0 Å². The van der Waals surface area contributed by atoms with Gasteiger partial charge in [-0.15, -0.1) is 0 Å². The van der Waals surface area contributed by atoms with Crippen molar-refractivity contribution < 1.29 is 9.59 Å². The predicted molar refractivity (Wildman–Crippen MR) is 86.6 cm³/mol. The van der Waals surface area contributed by atoms with Crippen LogP contribution in [0.1, 0.15) is 30.7 Å². The Hall–Kier alpha value is -2.36. The van der Waals surface area contributed by atoms with Crippen LogP contribution in [0, 0.1) is 13.8 Å². The zero-order valence-corrected chi connectivity index (χ0v) is 13.4. The molecule has 0 saturated heterocycles. The molecule has 1 N–H and O–H groups in total. The van der Waals surface area contributed by atoms with Crippen LogP contribution in [-0.2, 0) is 16.0 Å².